The first-order chi connectivity index (χ1) is 4.27. The molecule has 1 aliphatic rings. The van der Waals surface area contributed by atoms with Gasteiger partial charge in [-0.1, -0.05) is 50.9 Å². The number of hydrogen-bond acceptors (Lipinski definition) is 0. The third kappa shape index (κ3) is 1.82. The molecule has 0 aromatic carbocycles. The van der Waals surface area contributed by atoms with Crippen molar-refractivity contribution < 1.29 is 0 Å². The summed E-state index contributed by atoms with van der Waals surface area (Å²) in [6.07, 6.45) is 4.46. The van der Waals surface area contributed by atoms with Crippen molar-refractivity contribution in [2.24, 2.45) is 0 Å². The Morgan fingerprint density at radius 2 is 2.00 bits per heavy atom. The molecule has 0 bridgehead atoms. The van der Waals surface area contributed by atoms with Crippen molar-refractivity contribution >= 4 is 8.07 Å². The smallest absolute Gasteiger partial charge is 0.0504 e. The Hall–Kier alpha value is 0.217. The standard InChI is InChI=1S/C8H18Si/c1-3-4-6-9(2)7-5-8-9/h3-8H2,1-2H3. The lowest BCUT2D eigenvalue weighted by Crippen LogP contribution is -2.37. The van der Waals surface area contributed by atoms with E-state index in [0.717, 1.165) is 0 Å². The van der Waals surface area contributed by atoms with Crippen LogP contribution in [0.3, 0.4) is 0 Å². The van der Waals surface area contributed by atoms with Crippen molar-refractivity contribution in [3.8, 4) is 0 Å². The Balaban J connectivity index is 2.09. The van der Waals surface area contributed by atoms with E-state index < -0.39 is 8.07 Å². The van der Waals surface area contributed by atoms with Gasteiger partial charge in [-0.15, -0.1) is 0 Å². The summed E-state index contributed by atoms with van der Waals surface area (Å²) in [6.45, 7) is 4.88. The summed E-state index contributed by atoms with van der Waals surface area (Å²) in [5.41, 5.74) is 0. The van der Waals surface area contributed by atoms with Crippen LogP contribution in [0.2, 0.25) is 24.7 Å². The molecule has 1 rings (SSSR count). The molecule has 0 aromatic heterocycles. The summed E-state index contributed by atoms with van der Waals surface area (Å²) in [4.78, 5) is 0. The molecule has 0 N–H and O–H groups in total. The van der Waals surface area contributed by atoms with Gasteiger partial charge in [-0.3, -0.25) is 0 Å². The summed E-state index contributed by atoms with van der Waals surface area (Å²) in [6, 6.07) is 4.88. The molecule has 0 aliphatic carbocycles. The van der Waals surface area contributed by atoms with Crippen LogP contribution in [0.4, 0.5) is 0 Å². The molecule has 9 heavy (non-hydrogen) atoms. The van der Waals surface area contributed by atoms with Crippen LogP contribution < -0.4 is 0 Å². The molecule has 0 atom stereocenters. The van der Waals surface area contributed by atoms with Crippen molar-refractivity contribution in [2.45, 2.75) is 50.9 Å². The zero-order chi connectivity index (χ0) is 6.74. The highest BCUT2D eigenvalue weighted by atomic mass is 28.3. The summed E-state index contributed by atoms with van der Waals surface area (Å²) >= 11 is 0. The minimum Gasteiger partial charge on any atom is -0.0691 e. The van der Waals surface area contributed by atoms with Crippen molar-refractivity contribution in [2.75, 3.05) is 0 Å². The van der Waals surface area contributed by atoms with Gasteiger partial charge in [-0.25, -0.2) is 0 Å². The Labute approximate surface area is 59.7 Å². The van der Waals surface area contributed by atoms with Crippen molar-refractivity contribution in [3.63, 3.8) is 0 Å². The fourth-order valence-corrected chi connectivity index (χ4v) is 4.90. The molecular weight excluding hydrogens is 124 g/mol. The van der Waals surface area contributed by atoms with Gasteiger partial charge in [0, 0.05) is 0 Å². The van der Waals surface area contributed by atoms with E-state index in [1.54, 1.807) is 24.6 Å². The molecule has 0 nitrogen and oxygen atoms in total. The van der Waals surface area contributed by atoms with Gasteiger partial charge in [-0.05, 0) is 0 Å². The summed E-state index contributed by atoms with van der Waals surface area (Å²) in [5.74, 6) is 0. The van der Waals surface area contributed by atoms with Crippen LogP contribution in [0, 0.1) is 0 Å². The summed E-state index contributed by atoms with van der Waals surface area (Å²) < 4.78 is 0. The predicted octanol–water partition coefficient (Wildman–Crippen LogP) is 3.27. The van der Waals surface area contributed by atoms with E-state index in [1.165, 1.54) is 12.8 Å². The van der Waals surface area contributed by atoms with Crippen LogP contribution in [-0.2, 0) is 0 Å². The van der Waals surface area contributed by atoms with Gasteiger partial charge in [0.25, 0.3) is 0 Å². The van der Waals surface area contributed by atoms with E-state index in [4.69, 9.17) is 0 Å². The van der Waals surface area contributed by atoms with Crippen LogP contribution in [0.15, 0.2) is 0 Å². The van der Waals surface area contributed by atoms with E-state index in [9.17, 15) is 0 Å². The lowest BCUT2D eigenvalue weighted by molar-refractivity contribution is 0.807. The Bertz CT molecular complexity index is 84.6. The zero-order valence-corrected chi connectivity index (χ0v) is 7.74. The molecule has 1 heterocycles. The second-order valence-corrected chi connectivity index (χ2v) is 8.89. The highest BCUT2D eigenvalue weighted by Gasteiger charge is 2.32. The molecule has 1 saturated heterocycles. The Morgan fingerprint density at radius 3 is 2.33 bits per heavy atom. The lowest BCUT2D eigenvalue weighted by atomic mass is 10.4. The maximum Gasteiger partial charge on any atom is 0.0504 e. The van der Waals surface area contributed by atoms with E-state index in [-0.39, 0.29) is 0 Å². The number of rotatable bonds is 3. The maximum atomic E-state index is 2.58. The fourth-order valence-electron chi connectivity index (χ4n) is 1.63. The quantitative estimate of drug-likeness (QED) is 0.531. The molecule has 0 spiro atoms. The van der Waals surface area contributed by atoms with Gasteiger partial charge in [0.2, 0.25) is 0 Å². The fraction of sp³-hybridized carbons (Fsp3) is 1.00. The van der Waals surface area contributed by atoms with Gasteiger partial charge in [0.1, 0.15) is 0 Å². The van der Waals surface area contributed by atoms with E-state index in [1.807, 2.05) is 0 Å². The lowest BCUT2D eigenvalue weighted by Gasteiger charge is -2.36. The van der Waals surface area contributed by atoms with Crippen molar-refractivity contribution in [1.82, 2.24) is 0 Å². The highest BCUT2D eigenvalue weighted by Crippen LogP contribution is 2.36. The average molecular weight is 142 g/mol. The summed E-state index contributed by atoms with van der Waals surface area (Å²) in [7, 11) is -0.518. The van der Waals surface area contributed by atoms with Gasteiger partial charge in [-0.2, -0.15) is 0 Å². The van der Waals surface area contributed by atoms with E-state index >= 15 is 0 Å². The normalized spacial score (nSPS) is 23.3. The first-order valence-corrected chi connectivity index (χ1v) is 7.39. The van der Waals surface area contributed by atoms with Crippen LogP contribution in [0.5, 0.6) is 0 Å². The van der Waals surface area contributed by atoms with Crippen LogP contribution in [0.25, 0.3) is 0 Å². The maximum absolute atomic E-state index is 2.58. The predicted molar refractivity (Wildman–Crippen MR) is 45.6 cm³/mol. The molecule has 0 unspecified atom stereocenters. The van der Waals surface area contributed by atoms with Gasteiger partial charge >= 0.3 is 0 Å². The third-order valence-corrected chi connectivity index (χ3v) is 7.38. The van der Waals surface area contributed by atoms with E-state index in [0.29, 0.717) is 0 Å². The molecule has 1 heteroatoms. The molecule has 0 saturated carbocycles. The van der Waals surface area contributed by atoms with Crippen molar-refractivity contribution in [3.05, 3.63) is 0 Å². The second kappa shape index (κ2) is 2.87. The third-order valence-electron chi connectivity index (χ3n) is 2.69. The number of hydrogen-bond donors (Lipinski definition) is 0. The second-order valence-electron chi connectivity index (χ2n) is 3.77. The first-order valence-electron chi connectivity index (χ1n) is 4.27. The zero-order valence-electron chi connectivity index (χ0n) is 6.74. The Morgan fingerprint density at radius 1 is 1.33 bits per heavy atom. The van der Waals surface area contributed by atoms with Gasteiger partial charge in [0.15, 0.2) is 0 Å². The molecule has 0 amide bonds. The molecule has 1 fully saturated rings. The minimum absolute atomic E-state index is 0.518. The minimum atomic E-state index is -0.518. The van der Waals surface area contributed by atoms with Crippen LogP contribution in [0.1, 0.15) is 26.2 Å². The SMILES string of the molecule is CCCC[Si]1(C)CCC1. The molecule has 54 valence electrons. The van der Waals surface area contributed by atoms with Gasteiger partial charge in [0.05, 0.1) is 8.07 Å². The molecule has 0 radical (unpaired) electrons. The highest BCUT2D eigenvalue weighted by molar-refractivity contribution is 6.81. The molecule has 0 aromatic rings. The summed E-state index contributed by atoms with van der Waals surface area (Å²) in [5, 5.41) is 0. The topological polar surface area (TPSA) is 0 Å². The van der Waals surface area contributed by atoms with Crippen LogP contribution in [-0.4, -0.2) is 8.07 Å². The van der Waals surface area contributed by atoms with Gasteiger partial charge < -0.3 is 0 Å². The largest absolute Gasteiger partial charge is 0.0691 e. The monoisotopic (exact) mass is 142 g/mol. The van der Waals surface area contributed by atoms with Crippen LogP contribution >= 0.6 is 0 Å². The Kier molecular flexibility index (Phi) is 2.33. The van der Waals surface area contributed by atoms with Crippen molar-refractivity contribution in [1.29, 1.82) is 0 Å². The first kappa shape index (κ1) is 7.33. The number of unbranched alkanes of at least 4 members (excludes halogenated alkanes) is 1. The molecule has 1 aliphatic heterocycles. The van der Waals surface area contributed by atoms with E-state index in [2.05, 4.69) is 13.5 Å². The molecular formula is C8H18Si. The average Bonchev–Trinajstić information content (AvgIpc) is 1.79.